The zero-order valence-electron chi connectivity index (χ0n) is 22.5. The number of fused-ring (bicyclic) bond motifs is 2. The average Bonchev–Trinajstić information content (AvgIpc) is 2.68. The average molecular weight is 475 g/mol. The molecular formula is C31H39O2P. The van der Waals surface area contributed by atoms with Gasteiger partial charge in [0.05, 0.1) is 5.30 Å². The molecule has 34 heavy (non-hydrogen) atoms. The lowest BCUT2D eigenvalue weighted by Crippen LogP contribution is -2.22. The van der Waals surface area contributed by atoms with Crippen LogP contribution in [0.25, 0.3) is 0 Å². The topological polar surface area (TPSA) is 18.5 Å². The molecule has 2 nitrogen and oxygen atoms in total. The Balaban J connectivity index is 2.04. The van der Waals surface area contributed by atoms with Crippen LogP contribution in [0.3, 0.4) is 0 Å². The molecule has 1 atom stereocenters. The van der Waals surface area contributed by atoms with Crippen molar-refractivity contribution in [3.8, 4) is 11.5 Å². The first-order valence-corrected chi connectivity index (χ1v) is 13.4. The van der Waals surface area contributed by atoms with E-state index in [1.807, 2.05) is 0 Å². The molecule has 3 heteroatoms. The van der Waals surface area contributed by atoms with Gasteiger partial charge in [-0.25, -0.2) is 0 Å². The summed E-state index contributed by atoms with van der Waals surface area (Å²) in [6.45, 7) is 22.3. The van der Waals surface area contributed by atoms with Crippen LogP contribution in [-0.2, 0) is 17.3 Å². The Labute approximate surface area is 207 Å². The van der Waals surface area contributed by atoms with Gasteiger partial charge in [0, 0.05) is 23.1 Å². The van der Waals surface area contributed by atoms with Gasteiger partial charge in [-0.15, -0.1) is 0 Å². The van der Waals surface area contributed by atoms with Gasteiger partial charge in [-0.1, -0.05) is 89.1 Å². The molecule has 0 bridgehead atoms. The van der Waals surface area contributed by atoms with Gasteiger partial charge in [0.1, 0.15) is 11.5 Å². The van der Waals surface area contributed by atoms with Crippen LogP contribution in [0.1, 0.15) is 86.1 Å². The van der Waals surface area contributed by atoms with E-state index in [0.29, 0.717) is 0 Å². The van der Waals surface area contributed by atoms with Crippen molar-refractivity contribution >= 4 is 13.7 Å². The molecule has 0 N–H and O–H groups in total. The Morgan fingerprint density at radius 1 is 0.647 bits per heavy atom. The summed E-state index contributed by atoms with van der Waals surface area (Å²) in [5, 5.41) is 1.14. The second kappa shape index (κ2) is 8.72. The van der Waals surface area contributed by atoms with Gasteiger partial charge in [0.2, 0.25) is 0 Å². The Bertz CT molecular complexity index is 1240. The Kier molecular flexibility index (Phi) is 6.36. The maximum absolute atomic E-state index is 6.98. The first kappa shape index (κ1) is 24.8. The van der Waals surface area contributed by atoms with E-state index in [1.165, 1.54) is 44.5 Å². The molecular weight excluding hydrogens is 435 g/mol. The standard InChI is InChI=1S/C31H39O2P/c1-19-11-14-27(22(4)15-19)34-32-28-23(16-20(2)17-26(28)31(8,9)10)18-24-21(3)12-13-25(29(24)33-34)30(5,6)7/h11-17H,18H2,1-10H3. The summed E-state index contributed by atoms with van der Waals surface area (Å²) >= 11 is 0. The molecule has 180 valence electrons. The van der Waals surface area contributed by atoms with Gasteiger partial charge in [0.15, 0.2) is 0 Å². The molecule has 0 radical (unpaired) electrons. The summed E-state index contributed by atoms with van der Waals surface area (Å²) in [5.41, 5.74) is 9.94. The van der Waals surface area contributed by atoms with Crippen molar-refractivity contribution in [2.24, 2.45) is 0 Å². The molecule has 1 unspecified atom stereocenters. The summed E-state index contributed by atoms with van der Waals surface area (Å²) < 4.78 is 13.9. The fourth-order valence-corrected chi connectivity index (χ4v) is 6.31. The maximum atomic E-state index is 6.98. The Hall–Kier alpha value is -2.31. The van der Waals surface area contributed by atoms with Crippen LogP contribution in [0.2, 0.25) is 0 Å². The number of hydrogen-bond acceptors (Lipinski definition) is 2. The zero-order chi connectivity index (χ0) is 25.0. The lowest BCUT2D eigenvalue weighted by atomic mass is 9.81. The highest BCUT2D eigenvalue weighted by atomic mass is 31.2. The normalized spacial score (nSPS) is 16.0. The first-order valence-electron chi connectivity index (χ1n) is 12.3. The zero-order valence-corrected chi connectivity index (χ0v) is 23.4. The highest BCUT2D eigenvalue weighted by Gasteiger charge is 2.33. The Morgan fingerprint density at radius 3 is 1.91 bits per heavy atom. The quantitative estimate of drug-likeness (QED) is 0.329. The van der Waals surface area contributed by atoms with Crippen LogP contribution < -0.4 is 14.4 Å². The van der Waals surface area contributed by atoms with Gasteiger partial charge in [-0.2, -0.15) is 0 Å². The van der Waals surface area contributed by atoms with Crippen molar-refractivity contribution < 1.29 is 9.05 Å². The molecule has 0 saturated heterocycles. The number of benzene rings is 3. The summed E-state index contributed by atoms with van der Waals surface area (Å²) in [7, 11) is -1.37. The molecule has 0 aliphatic carbocycles. The molecule has 3 aromatic rings. The third-order valence-electron chi connectivity index (χ3n) is 6.69. The molecule has 0 amide bonds. The van der Waals surface area contributed by atoms with E-state index < -0.39 is 8.38 Å². The predicted molar refractivity (Wildman–Crippen MR) is 146 cm³/mol. The highest BCUT2D eigenvalue weighted by Crippen LogP contribution is 2.51. The van der Waals surface area contributed by atoms with E-state index >= 15 is 0 Å². The third-order valence-corrected chi connectivity index (χ3v) is 8.28. The summed E-state index contributed by atoms with van der Waals surface area (Å²) in [6.07, 6.45) is 0.807. The van der Waals surface area contributed by atoms with Crippen LogP contribution >= 0.6 is 8.38 Å². The summed E-state index contributed by atoms with van der Waals surface area (Å²) in [6, 6.07) is 15.7. The SMILES string of the molecule is Cc1ccc(P2Oc3c(cc(C)cc3C(C)(C)C)Cc3c(C)ccc(C(C)(C)C)c3O2)c(C)c1. The van der Waals surface area contributed by atoms with Gasteiger partial charge in [-0.05, 0) is 61.3 Å². The molecule has 4 rings (SSSR count). The van der Waals surface area contributed by atoms with Crippen LogP contribution in [-0.4, -0.2) is 0 Å². The second-order valence-electron chi connectivity index (χ2n) is 11.9. The highest BCUT2D eigenvalue weighted by molar-refractivity contribution is 7.56. The van der Waals surface area contributed by atoms with Crippen molar-refractivity contribution in [3.05, 3.63) is 87.0 Å². The minimum atomic E-state index is -1.37. The van der Waals surface area contributed by atoms with Crippen LogP contribution in [0.15, 0.2) is 42.5 Å². The smallest absolute Gasteiger partial charge is 0.326 e. The van der Waals surface area contributed by atoms with Crippen molar-refractivity contribution in [2.45, 2.75) is 86.5 Å². The lowest BCUT2D eigenvalue weighted by Gasteiger charge is -2.33. The van der Waals surface area contributed by atoms with E-state index in [0.717, 1.165) is 23.2 Å². The largest absolute Gasteiger partial charge is 0.435 e. The Morgan fingerprint density at radius 2 is 1.29 bits per heavy atom. The van der Waals surface area contributed by atoms with E-state index in [4.69, 9.17) is 9.05 Å². The van der Waals surface area contributed by atoms with Gasteiger partial charge >= 0.3 is 8.38 Å². The van der Waals surface area contributed by atoms with Crippen LogP contribution in [0.4, 0.5) is 0 Å². The number of rotatable bonds is 1. The van der Waals surface area contributed by atoms with Gasteiger partial charge < -0.3 is 9.05 Å². The third kappa shape index (κ3) is 4.76. The molecule has 1 aliphatic heterocycles. The predicted octanol–water partition coefficient (Wildman–Crippen LogP) is 8.51. The fourth-order valence-electron chi connectivity index (χ4n) is 4.77. The van der Waals surface area contributed by atoms with Gasteiger partial charge in [-0.3, -0.25) is 0 Å². The lowest BCUT2D eigenvalue weighted by molar-refractivity contribution is 0.456. The molecule has 0 saturated carbocycles. The van der Waals surface area contributed by atoms with E-state index in [2.05, 4.69) is 112 Å². The van der Waals surface area contributed by atoms with E-state index in [9.17, 15) is 0 Å². The van der Waals surface area contributed by atoms with E-state index in [-0.39, 0.29) is 10.8 Å². The fraction of sp³-hybridized carbons (Fsp3) is 0.419. The maximum Gasteiger partial charge on any atom is 0.326 e. The van der Waals surface area contributed by atoms with Crippen molar-refractivity contribution in [1.29, 1.82) is 0 Å². The number of hydrogen-bond donors (Lipinski definition) is 0. The monoisotopic (exact) mass is 474 g/mol. The minimum Gasteiger partial charge on any atom is -0.435 e. The van der Waals surface area contributed by atoms with Crippen molar-refractivity contribution in [2.75, 3.05) is 0 Å². The molecule has 0 aromatic heterocycles. The molecule has 3 aromatic carbocycles. The van der Waals surface area contributed by atoms with Crippen molar-refractivity contribution in [3.63, 3.8) is 0 Å². The molecule has 0 spiro atoms. The second-order valence-corrected chi connectivity index (χ2v) is 13.3. The number of aryl methyl sites for hydroxylation is 4. The summed E-state index contributed by atoms with van der Waals surface area (Å²) in [5.74, 6) is 2.00. The van der Waals surface area contributed by atoms with E-state index in [1.54, 1.807) is 0 Å². The van der Waals surface area contributed by atoms with Gasteiger partial charge in [0.25, 0.3) is 0 Å². The summed E-state index contributed by atoms with van der Waals surface area (Å²) in [4.78, 5) is 0. The van der Waals surface area contributed by atoms with Crippen molar-refractivity contribution in [1.82, 2.24) is 0 Å². The van der Waals surface area contributed by atoms with Crippen LogP contribution in [0.5, 0.6) is 11.5 Å². The molecule has 1 heterocycles. The molecule has 1 aliphatic rings. The first-order chi connectivity index (χ1) is 15.8. The molecule has 0 fully saturated rings. The minimum absolute atomic E-state index is 0.0354. The van der Waals surface area contributed by atoms with Crippen LogP contribution in [0, 0.1) is 27.7 Å².